The van der Waals surface area contributed by atoms with Gasteiger partial charge in [0, 0.05) is 6.61 Å². The van der Waals surface area contributed by atoms with Crippen molar-refractivity contribution in [3.05, 3.63) is 0 Å². The van der Waals surface area contributed by atoms with Crippen LogP contribution in [0.5, 0.6) is 0 Å². The third kappa shape index (κ3) is 6.09. The molecule has 1 atom stereocenters. The van der Waals surface area contributed by atoms with Crippen LogP contribution < -0.4 is 0 Å². The Morgan fingerprint density at radius 2 is 1.90 bits per heavy atom. The van der Waals surface area contributed by atoms with Gasteiger partial charge in [-0.25, -0.2) is 0 Å². The van der Waals surface area contributed by atoms with Gasteiger partial charge in [-0.2, -0.15) is 0 Å². The Balaban J connectivity index is 2.89. The fourth-order valence-corrected chi connectivity index (χ4v) is 0.754. The molecule has 1 heteroatoms. The lowest BCUT2D eigenvalue weighted by atomic mass is 10.2. The standard InChI is InChI=1S/C9H20O/c1-4-6-7-8-10-9(3)5-2/h9H,4-8H2,1-3H3. The summed E-state index contributed by atoms with van der Waals surface area (Å²) in [5.41, 5.74) is 0. The second-order valence-corrected chi connectivity index (χ2v) is 2.80. The topological polar surface area (TPSA) is 9.23 Å². The van der Waals surface area contributed by atoms with Crippen LogP contribution in [-0.2, 0) is 4.74 Å². The van der Waals surface area contributed by atoms with Gasteiger partial charge in [0.1, 0.15) is 0 Å². The van der Waals surface area contributed by atoms with Gasteiger partial charge >= 0.3 is 0 Å². The predicted octanol–water partition coefficient (Wildman–Crippen LogP) is 2.99. The summed E-state index contributed by atoms with van der Waals surface area (Å²) in [4.78, 5) is 0. The van der Waals surface area contributed by atoms with Crippen molar-refractivity contribution in [1.82, 2.24) is 0 Å². The van der Waals surface area contributed by atoms with E-state index in [1.54, 1.807) is 0 Å². The van der Waals surface area contributed by atoms with E-state index in [-0.39, 0.29) is 0 Å². The zero-order valence-electron chi connectivity index (χ0n) is 7.52. The lowest BCUT2D eigenvalue weighted by Gasteiger charge is -2.09. The van der Waals surface area contributed by atoms with Crippen molar-refractivity contribution in [2.45, 2.75) is 52.6 Å². The summed E-state index contributed by atoms with van der Waals surface area (Å²) in [5.74, 6) is 0. The summed E-state index contributed by atoms with van der Waals surface area (Å²) >= 11 is 0. The molecule has 0 aromatic carbocycles. The van der Waals surface area contributed by atoms with Crippen LogP contribution in [0.2, 0.25) is 0 Å². The Labute approximate surface area is 64.8 Å². The minimum absolute atomic E-state index is 0.455. The number of rotatable bonds is 6. The maximum atomic E-state index is 5.49. The first-order valence-electron chi connectivity index (χ1n) is 4.42. The minimum Gasteiger partial charge on any atom is -0.379 e. The molecule has 0 aliphatic heterocycles. The van der Waals surface area contributed by atoms with Gasteiger partial charge in [-0.15, -0.1) is 0 Å². The van der Waals surface area contributed by atoms with Crippen molar-refractivity contribution in [2.75, 3.05) is 6.61 Å². The first-order chi connectivity index (χ1) is 4.81. The molecular weight excluding hydrogens is 124 g/mol. The molecule has 10 heavy (non-hydrogen) atoms. The van der Waals surface area contributed by atoms with Crippen molar-refractivity contribution in [2.24, 2.45) is 0 Å². The lowest BCUT2D eigenvalue weighted by molar-refractivity contribution is 0.0610. The number of hydrogen-bond donors (Lipinski definition) is 0. The van der Waals surface area contributed by atoms with Crippen LogP contribution in [0.1, 0.15) is 46.5 Å². The molecule has 0 rings (SSSR count). The molecule has 0 radical (unpaired) electrons. The molecule has 1 unspecified atom stereocenters. The molecule has 0 amide bonds. The van der Waals surface area contributed by atoms with Crippen molar-refractivity contribution >= 4 is 0 Å². The Bertz CT molecular complexity index is 61.7. The van der Waals surface area contributed by atoms with Gasteiger partial charge in [-0.3, -0.25) is 0 Å². The summed E-state index contributed by atoms with van der Waals surface area (Å²) in [5, 5.41) is 0. The van der Waals surface area contributed by atoms with E-state index >= 15 is 0 Å². The zero-order chi connectivity index (χ0) is 7.82. The Hall–Kier alpha value is -0.0400. The molecule has 0 aliphatic carbocycles. The van der Waals surface area contributed by atoms with E-state index in [1.165, 1.54) is 19.3 Å². The number of hydrogen-bond acceptors (Lipinski definition) is 1. The van der Waals surface area contributed by atoms with Crippen LogP contribution in [0.25, 0.3) is 0 Å². The Kier molecular flexibility index (Phi) is 7.04. The third-order valence-electron chi connectivity index (χ3n) is 1.73. The molecule has 1 nitrogen and oxygen atoms in total. The summed E-state index contributed by atoms with van der Waals surface area (Å²) < 4.78 is 5.49. The van der Waals surface area contributed by atoms with E-state index in [0.29, 0.717) is 6.10 Å². The average Bonchev–Trinajstić information content (AvgIpc) is 1.98. The van der Waals surface area contributed by atoms with E-state index in [2.05, 4.69) is 20.8 Å². The number of ether oxygens (including phenoxy) is 1. The second kappa shape index (κ2) is 7.07. The molecule has 0 saturated heterocycles. The summed E-state index contributed by atoms with van der Waals surface area (Å²) in [6.45, 7) is 7.45. The van der Waals surface area contributed by atoms with Crippen molar-refractivity contribution in [3.8, 4) is 0 Å². The van der Waals surface area contributed by atoms with E-state index in [4.69, 9.17) is 4.74 Å². The van der Waals surface area contributed by atoms with E-state index in [1.807, 2.05) is 0 Å². The van der Waals surface area contributed by atoms with Gasteiger partial charge in [0.15, 0.2) is 0 Å². The van der Waals surface area contributed by atoms with Crippen molar-refractivity contribution < 1.29 is 4.74 Å². The van der Waals surface area contributed by atoms with Crippen molar-refractivity contribution in [3.63, 3.8) is 0 Å². The van der Waals surface area contributed by atoms with Crippen LogP contribution in [0.15, 0.2) is 0 Å². The summed E-state index contributed by atoms with van der Waals surface area (Å²) in [6, 6.07) is 0. The van der Waals surface area contributed by atoms with Gasteiger partial charge in [0.2, 0.25) is 0 Å². The van der Waals surface area contributed by atoms with E-state index in [9.17, 15) is 0 Å². The molecule has 0 saturated carbocycles. The monoisotopic (exact) mass is 144 g/mol. The predicted molar refractivity (Wildman–Crippen MR) is 45.2 cm³/mol. The number of unbranched alkanes of at least 4 members (excludes halogenated alkanes) is 2. The zero-order valence-corrected chi connectivity index (χ0v) is 7.52. The van der Waals surface area contributed by atoms with Gasteiger partial charge in [-0.1, -0.05) is 26.7 Å². The Morgan fingerprint density at radius 1 is 1.20 bits per heavy atom. The summed E-state index contributed by atoms with van der Waals surface area (Å²) in [7, 11) is 0. The molecule has 0 fully saturated rings. The second-order valence-electron chi connectivity index (χ2n) is 2.80. The normalized spacial score (nSPS) is 13.5. The first kappa shape index (κ1) is 9.96. The van der Waals surface area contributed by atoms with Crippen LogP contribution in [0.3, 0.4) is 0 Å². The molecular formula is C9H20O. The molecule has 0 aromatic rings. The van der Waals surface area contributed by atoms with Gasteiger partial charge in [0.05, 0.1) is 6.10 Å². The molecule has 0 bridgehead atoms. The van der Waals surface area contributed by atoms with E-state index in [0.717, 1.165) is 13.0 Å². The van der Waals surface area contributed by atoms with Gasteiger partial charge < -0.3 is 4.74 Å². The quantitative estimate of drug-likeness (QED) is 0.521. The van der Waals surface area contributed by atoms with Crippen molar-refractivity contribution in [1.29, 1.82) is 0 Å². The lowest BCUT2D eigenvalue weighted by Crippen LogP contribution is -2.07. The fourth-order valence-electron chi connectivity index (χ4n) is 0.754. The highest BCUT2D eigenvalue weighted by atomic mass is 16.5. The maximum absolute atomic E-state index is 5.49. The Morgan fingerprint density at radius 3 is 2.40 bits per heavy atom. The van der Waals surface area contributed by atoms with E-state index < -0.39 is 0 Å². The summed E-state index contributed by atoms with van der Waals surface area (Å²) in [6.07, 6.45) is 5.39. The highest BCUT2D eigenvalue weighted by Gasteiger charge is 1.95. The molecule has 0 N–H and O–H groups in total. The average molecular weight is 144 g/mol. The molecule has 62 valence electrons. The minimum atomic E-state index is 0.455. The smallest absolute Gasteiger partial charge is 0.0544 e. The molecule has 0 heterocycles. The fraction of sp³-hybridized carbons (Fsp3) is 1.00. The molecule has 0 spiro atoms. The van der Waals surface area contributed by atoms with Gasteiger partial charge in [0.25, 0.3) is 0 Å². The van der Waals surface area contributed by atoms with Crippen LogP contribution >= 0.6 is 0 Å². The van der Waals surface area contributed by atoms with Crippen LogP contribution in [0.4, 0.5) is 0 Å². The SMILES string of the molecule is CCCCCOC(C)CC. The van der Waals surface area contributed by atoms with Gasteiger partial charge in [-0.05, 0) is 19.8 Å². The first-order valence-corrected chi connectivity index (χ1v) is 4.42. The molecule has 0 aromatic heterocycles. The molecule has 0 aliphatic rings. The largest absolute Gasteiger partial charge is 0.379 e. The maximum Gasteiger partial charge on any atom is 0.0544 e. The highest BCUT2D eigenvalue weighted by Crippen LogP contribution is 1.99. The highest BCUT2D eigenvalue weighted by molar-refractivity contribution is 4.44. The van der Waals surface area contributed by atoms with Crippen LogP contribution in [-0.4, -0.2) is 12.7 Å². The third-order valence-corrected chi connectivity index (χ3v) is 1.73. The van der Waals surface area contributed by atoms with Crippen LogP contribution in [0, 0.1) is 0 Å².